The number of anilines is 1. The van der Waals surface area contributed by atoms with E-state index in [0.29, 0.717) is 12.4 Å². The van der Waals surface area contributed by atoms with E-state index in [0.717, 1.165) is 17.7 Å². The monoisotopic (exact) mass is 281 g/mol. The van der Waals surface area contributed by atoms with Gasteiger partial charge < -0.3 is 16.2 Å². The minimum Gasteiger partial charge on any atom is -0.383 e. The van der Waals surface area contributed by atoms with Crippen LogP contribution in [0.2, 0.25) is 0 Å². The highest BCUT2D eigenvalue weighted by atomic mass is 16.3. The fourth-order valence-electron chi connectivity index (χ4n) is 2.76. The van der Waals surface area contributed by atoms with Crippen LogP contribution in [-0.4, -0.2) is 17.6 Å². The fourth-order valence-corrected chi connectivity index (χ4v) is 2.76. The predicted octanol–water partition coefficient (Wildman–Crippen LogP) is 2.25. The Kier molecular flexibility index (Phi) is 3.62. The number of hydrogen-bond donors (Lipinski definition) is 3. The molecule has 0 amide bonds. The van der Waals surface area contributed by atoms with Crippen molar-refractivity contribution in [1.82, 2.24) is 0 Å². The number of aryl methyl sites for hydroxylation is 1. The molecule has 1 aliphatic rings. The molecule has 3 rings (SSSR count). The molecule has 2 aromatic rings. The Morgan fingerprint density at radius 3 is 2.67 bits per heavy atom. The summed E-state index contributed by atoms with van der Waals surface area (Å²) in [6.45, 7) is 0.273. The van der Waals surface area contributed by atoms with Gasteiger partial charge in [-0.3, -0.25) is 0 Å². The maximum atomic E-state index is 10.8. The van der Waals surface area contributed by atoms with Crippen molar-refractivity contribution < 1.29 is 5.11 Å². The van der Waals surface area contributed by atoms with Gasteiger partial charge in [-0.2, -0.15) is 0 Å². The summed E-state index contributed by atoms with van der Waals surface area (Å²) in [5.74, 6) is 0.319. The van der Waals surface area contributed by atoms with Gasteiger partial charge in [0.25, 0.3) is 0 Å². The van der Waals surface area contributed by atoms with Crippen LogP contribution in [0.5, 0.6) is 0 Å². The minimum absolute atomic E-state index is 0.273. The van der Waals surface area contributed by atoms with Crippen molar-refractivity contribution in [2.24, 2.45) is 10.7 Å². The molecule has 0 fully saturated rings. The number of nitrogens with one attached hydrogen (secondary N) is 1. The first-order valence-corrected chi connectivity index (χ1v) is 7.10. The third-order valence-electron chi connectivity index (χ3n) is 3.88. The van der Waals surface area contributed by atoms with Crippen LogP contribution in [0.15, 0.2) is 59.6 Å². The van der Waals surface area contributed by atoms with Gasteiger partial charge in [-0.1, -0.05) is 42.5 Å². The predicted molar refractivity (Wildman–Crippen MR) is 85.2 cm³/mol. The number of aliphatic hydroxyl groups is 1. The molecule has 4 heteroatoms. The first-order chi connectivity index (χ1) is 10.2. The number of nitrogens with two attached hydrogens (primary N) is 1. The van der Waals surface area contributed by atoms with Gasteiger partial charge in [0.2, 0.25) is 0 Å². The van der Waals surface area contributed by atoms with Crippen LogP contribution in [0.25, 0.3) is 0 Å². The van der Waals surface area contributed by atoms with Crippen LogP contribution in [0.3, 0.4) is 0 Å². The molecule has 0 bridgehead atoms. The molecule has 0 aliphatic heterocycles. The molecule has 0 radical (unpaired) electrons. The Bertz CT molecular complexity index is 654. The second-order valence-corrected chi connectivity index (χ2v) is 5.38. The summed E-state index contributed by atoms with van der Waals surface area (Å²) in [6.07, 6.45) is 1.57. The molecule has 0 saturated heterocycles. The molecule has 4 N–H and O–H groups in total. The zero-order valence-corrected chi connectivity index (χ0v) is 11.8. The second-order valence-electron chi connectivity index (χ2n) is 5.38. The van der Waals surface area contributed by atoms with Crippen LogP contribution in [0.1, 0.15) is 17.5 Å². The Morgan fingerprint density at radius 2 is 1.86 bits per heavy atom. The fraction of sp³-hybridized carbons (Fsp3) is 0.235. The highest BCUT2D eigenvalue weighted by Crippen LogP contribution is 2.36. The Morgan fingerprint density at radius 1 is 1.14 bits per heavy atom. The second kappa shape index (κ2) is 5.58. The van der Waals surface area contributed by atoms with Gasteiger partial charge in [-0.25, -0.2) is 4.99 Å². The SMILES string of the molecule is NC(=NCC1(O)CCc2ccccc21)Nc1ccccc1. The van der Waals surface area contributed by atoms with Gasteiger partial charge in [0, 0.05) is 5.69 Å². The van der Waals surface area contributed by atoms with Crippen LogP contribution in [0, 0.1) is 0 Å². The lowest BCUT2D eigenvalue weighted by molar-refractivity contribution is 0.0487. The van der Waals surface area contributed by atoms with Crippen molar-refractivity contribution in [2.45, 2.75) is 18.4 Å². The van der Waals surface area contributed by atoms with Crippen molar-refractivity contribution in [3.8, 4) is 0 Å². The van der Waals surface area contributed by atoms with Crippen molar-refractivity contribution in [3.05, 3.63) is 65.7 Å². The van der Waals surface area contributed by atoms with Crippen LogP contribution in [-0.2, 0) is 12.0 Å². The number of aliphatic imine (C=N–C) groups is 1. The lowest BCUT2D eigenvalue weighted by atomic mass is 9.96. The molecule has 0 heterocycles. The summed E-state index contributed by atoms with van der Waals surface area (Å²) >= 11 is 0. The summed E-state index contributed by atoms with van der Waals surface area (Å²) in [4.78, 5) is 4.31. The number of para-hydroxylation sites is 1. The van der Waals surface area contributed by atoms with Crippen molar-refractivity contribution in [3.63, 3.8) is 0 Å². The molecule has 0 spiro atoms. The maximum absolute atomic E-state index is 10.8. The molecule has 2 aromatic carbocycles. The third-order valence-corrected chi connectivity index (χ3v) is 3.88. The molecule has 1 unspecified atom stereocenters. The zero-order chi connectivity index (χ0) is 14.7. The van der Waals surface area contributed by atoms with E-state index in [2.05, 4.69) is 16.4 Å². The van der Waals surface area contributed by atoms with Crippen LogP contribution < -0.4 is 11.1 Å². The summed E-state index contributed by atoms with van der Waals surface area (Å²) in [6, 6.07) is 17.6. The number of rotatable bonds is 3. The molecule has 21 heavy (non-hydrogen) atoms. The minimum atomic E-state index is -0.903. The number of guanidine groups is 1. The molecule has 108 valence electrons. The number of fused-ring (bicyclic) bond motifs is 1. The van der Waals surface area contributed by atoms with E-state index in [1.54, 1.807) is 0 Å². The van der Waals surface area contributed by atoms with E-state index >= 15 is 0 Å². The highest BCUT2D eigenvalue weighted by Gasteiger charge is 2.36. The molecule has 4 nitrogen and oxygen atoms in total. The smallest absolute Gasteiger partial charge is 0.193 e. The quantitative estimate of drug-likeness (QED) is 0.597. The van der Waals surface area contributed by atoms with Gasteiger partial charge in [0.1, 0.15) is 5.60 Å². The molecule has 1 aliphatic carbocycles. The maximum Gasteiger partial charge on any atom is 0.193 e. The van der Waals surface area contributed by atoms with E-state index in [4.69, 9.17) is 5.73 Å². The first-order valence-electron chi connectivity index (χ1n) is 7.10. The standard InChI is InChI=1S/C17H19N3O/c18-16(20-14-7-2-1-3-8-14)19-12-17(21)11-10-13-6-4-5-9-15(13)17/h1-9,21H,10-12H2,(H3,18,19,20). The van der Waals surface area contributed by atoms with Gasteiger partial charge in [0.15, 0.2) is 5.96 Å². The van der Waals surface area contributed by atoms with Gasteiger partial charge in [-0.15, -0.1) is 0 Å². The van der Waals surface area contributed by atoms with E-state index < -0.39 is 5.60 Å². The number of hydrogen-bond acceptors (Lipinski definition) is 2. The first kappa shape index (κ1) is 13.6. The Labute approximate surface area is 124 Å². The average Bonchev–Trinajstić information content (AvgIpc) is 2.85. The number of benzene rings is 2. The van der Waals surface area contributed by atoms with Crippen molar-refractivity contribution >= 4 is 11.6 Å². The van der Waals surface area contributed by atoms with Crippen LogP contribution >= 0.6 is 0 Å². The lowest BCUT2D eigenvalue weighted by Gasteiger charge is -2.22. The van der Waals surface area contributed by atoms with Crippen molar-refractivity contribution in [1.29, 1.82) is 0 Å². The van der Waals surface area contributed by atoms with Gasteiger partial charge in [0.05, 0.1) is 6.54 Å². The normalized spacial score (nSPS) is 21.1. The van der Waals surface area contributed by atoms with E-state index in [9.17, 15) is 5.11 Å². The topological polar surface area (TPSA) is 70.6 Å². The molecular weight excluding hydrogens is 262 g/mol. The van der Waals surface area contributed by atoms with E-state index in [1.807, 2.05) is 48.5 Å². The van der Waals surface area contributed by atoms with Gasteiger partial charge in [-0.05, 0) is 36.1 Å². The highest BCUT2D eigenvalue weighted by molar-refractivity contribution is 5.92. The van der Waals surface area contributed by atoms with E-state index in [1.165, 1.54) is 5.56 Å². The van der Waals surface area contributed by atoms with Crippen molar-refractivity contribution in [2.75, 3.05) is 11.9 Å². The molecule has 1 atom stereocenters. The largest absolute Gasteiger partial charge is 0.383 e. The molecule has 0 aromatic heterocycles. The summed E-state index contributed by atoms with van der Waals surface area (Å²) in [7, 11) is 0. The number of nitrogens with zero attached hydrogens (tertiary/aromatic N) is 1. The van der Waals surface area contributed by atoms with E-state index in [-0.39, 0.29) is 6.54 Å². The average molecular weight is 281 g/mol. The summed E-state index contributed by atoms with van der Waals surface area (Å²) in [5.41, 5.74) is 8.05. The zero-order valence-electron chi connectivity index (χ0n) is 11.8. The Hall–Kier alpha value is -2.33. The molecular formula is C17H19N3O. The molecule has 0 saturated carbocycles. The lowest BCUT2D eigenvalue weighted by Crippen LogP contribution is -2.30. The third kappa shape index (κ3) is 2.90. The summed E-state index contributed by atoms with van der Waals surface area (Å²) in [5, 5.41) is 13.8. The van der Waals surface area contributed by atoms with Gasteiger partial charge >= 0.3 is 0 Å². The summed E-state index contributed by atoms with van der Waals surface area (Å²) < 4.78 is 0. The van der Waals surface area contributed by atoms with Crippen LogP contribution in [0.4, 0.5) is 5.69 Å². The Balaban J connectivity index is 1.71.